The van der Waals surface area contributed by atoms with E-state index in [-0.39, 0.29) is 5.56 Å². The number of hydrogen-bond acceptors (Lipinski definition) is 3. The van der Waals surface area contributed by atoms with E-state index in [1.165, 1.54) is 5.57 Å². The number of nitrogens with one attached hydrogen (secondary N) is 1. The van der Waals surface area contributed by atoms with Gasteiger partial charge in [0.1, 0.15) is 0 Å². The average molecular weight is 314 g/mol. The zero-order chi connectivity index (χ0) is 17.4. The first kappa shape index (κ1) is 18.7. The second-order valence-electron chi connectivity index (χ2n) is 5.79. The second-order valence-corrected chi connectivity index (χ2v) is 5.79. The van der Waals surface area contributed by atoms with E-state index in [4.69, 9.17) is 5.11 Å². The first-order chi connectivity index (χ1) is 10.8. The summed E-state index contributed by atoms with van der Waals surface area (Å²) < 4.78 is 0. The van der Waals surface area contributed by atoms with Crippen LogP contribution in [-0.2, 0) is 0 Å². The van der Waals surface area contributed by atoms with Crippen LogP contribution in [0.15, 0.2) is 52.7 Å². The number of hydrogen-bond donors (Lipinski definition) is 2. The molecule has 0 aliphatic carbocycles. The second kappa shape index (κ2) is 8.93. The molecule has 0 radical (unpaired) electrons. The SMILES string of the molecule is CC\C(=C/C=C(C)/C(C)=N/Nc1ccc(C(=O)O)cc1)C(C)C. The summed E-state index contributed by atoms with van der Waals surface area (Å²) in [6, 6.07) is 6.51. The topological polar surface area (TPSA) is 61.7 Å². The number of rotatable bonds is 7. The highest BCUT2D eigenvalue weighted by Crippen LogP contribution is 2.14. The van der Waals surface area contributed by atoms with Gasteiger partial charge in [-0.3, -0.25) is 5.43 Å². The van der Waals surface area contributed by atoms with Crippen molar-refractivity contribution in [1.82, 2.24) is 0 Å². The van der Waals surface area contributed by atoms with E-state index in [1.54, 1.807) is 24.3 Å². The Morgan fingerprint density at radius 2 is 1.83 bits per heavy atom. The molecule has 1 aromatic carbocycles. The van der Waals surface area contributed by atoms with Crippen molar-refractivity contribution in [2.24, 2.45) is 11.0 Å². The van der Waals surface area contributed by atoms with E-state index in [0.717, 1.165) is 23.4 Å². The Balaban J connectivity index is 2.77. The Hall–Kier alpha value is -2.36. The number of allylic oxidation sites excluding steroid dienone is 4. The van der Waals surface area contributed by atoms with Gasteiger partial charge in [0.15, 0.2) is 0 Å². The van der Waals surface area contributed by atoms with Gasteiger partial charge in [-0.15, -0.1) is 0 Å². The van der Waals surface area contributed by atoms with Crippen LogP contribution in [-0.4, -0.2) is 16.8 Å². The number of aromatic carboxylic acids is 1. The minimum absolute atomic E-state index is 0.262. The van der Waals surface area contributed by atoms with Gasteiger partial charge in [-0.25, -0.2) is 4.79 Å². The molecule has 0 heterocycles. The molecule has 0 unspecified atom stereocenters. The van der Waals surface area contributed by atoms with Crippen LogP contribution in [0.4, 0.5) is 5.69 Å². The van der Waals surface area contributed by atoms with E-state index >= 15 is 0 Å². The lowest BCUT2D eigenvalue weighted by Gasteiger charge is -2.08. The van der Waals surface area contributed by atoms with Crippen molar-refractivity contribution < 1.29 is 9.90 Å². The minimum atomic E-state index is -0.932. The lowest BCUT2D eigenvalue weighted by atomic mass is 9.99. The van der Waals surface area contributed by atoms with Crippen LogP contribution >= 0.6 is 0 Å². The summed E-state index contributed by atoms with van der Waals surface area (Å²) in [6.07, 6.45) is 5.30. The molecule has 2 N–H and O–H groups in total. The smallest absolute Gasteiger partial charge is 0.335 e. The number of carboxylic acid groups (broad SMARTS) is 1. The Labute approximate surface area is 138 Å². The number of anilines is 1. The summed E-state index contributed by atoms with van der Waals surface area (Å²) in [5.41, 5.74) is 7.36. The molecule has 0 amide bonds. The average Bonchev–Trinajstić information content (AvgIpc) is 2.52. The van der Waals surface area contributed by atoms with Crippen molar-refractivity contribution in [3.63, 3.8) is 0 Å². The summed E-state index contributed by atoms with van der Waals surface area (Å²) in [4.78, 5) is 10.8. The van der Waals surface area contributed by atoms with Crippen molar-refractivity contribution in [3.8, 4) is 0 Å². The molecular formula is C19H26N2O2. The predicted molar refractivity (Wildman–Crippen MR) is 97.1 cm³/mol. The Kier molecular flexibility index (Phi) is 7.26. The normalized spacial score (nSPS) is 13.4. The molecule has 0 saturated heterocycles. The summed E-state index contributed by atoms with van der Waals surface area (Å²) in [6.45, 7) is 10.5. The fourth-order valence-electron chi connectivity index (χ4n) is 2.00. The summed E-state index contributed by atoms with van der Waals surface area (Å²) in [5.74, 6) is -0.383. The zero-order valence-electron chi connectivity index (χ0n) is 14.6. The van der Waals surface area contributed by atoms with Gasteiger partial charge in [0.25, 0.3) is 0 Å². The number of carboxylic acids is 1. The third-order valence-electron chi connectivity index (χ3n) is 3.75. The number of carbonyl (C=O) groups is 1. The number of benzene rings is 1. The van der Waals surface area contributed by atoms with Gasteiger partial charge in [0.2, 0.25) is 0 Å². The molecule has 1 rings (SSSR count). The highest BCUT2D eigenvalue weighted by molar-refractivity contribution is 5.98. The van der Waals surface area contributed by atoms with Crippen molar-refractivity contribution in [2.45, 2.75) is 41.0 Å². The van der Waals surface area contributed by atoms with Crippen LogP contribution in [0, 0.1) is 5.92 Å². The highest BCUT2D eigenvalue weighted by Gasteiger charge is 2.02. The van der Waals surface area contributed by atoms with Gasteiger partial charge in [-0.05, 0) is 56.0 Å². The highest BCUT2D eigenvalue weighted by atomic mass is 16.4. The summed E-state index contributed by atoms with van der Waals surface area (Å²) in [7, 11) is 0. The van der Waals surface area contributed by atoms with E-state index < -0.39 is 5.97 Å². The third kappa shape index (κ3) is 6.10. The first-order valence-electron chi connectivity index (χ1n) is 7.86. The Bertz CT molecular complexity index is 623. The van der Waals surface area contributed by atoms with Gasteiger partial charge in [0, 0.05) is 0 Å². The molecule has 0 saturated carbocycles. The number of nitrogens with zero attached hydrogens (tertiary/aromatic N) is 1. The largest absolute Gasteiger partial charge is 0.478 e. The molecule has 0 aromatic heterocycles. The first-order valence-corrected chi connectivity index (χ1v) is 7.86. The predicted octanol–water partition coefficient (Wildman–Crippen LogP) is 5.11. The minimum Gasteiger partial charge on any atom is -0.478 e. The lowest BCUT2D eigenvalue weighted by Crippen LogP contribution is -2.00. The van der Waals surface area contributed by atoms with E-state index in [9.17, 15) is 4.79 Å². The van der Waals surface area contributed by atoms with Crippen molar-refractivity contribution >= 4 is 17.4 Å². The maximum Gasteiger partial charge on any atom is 0.335 e. The number of hydrazone groups is 1. The Morgan fingerprint density at radius 3 is 2.30 bits per heavy atom. The van der Waals surface area contributed by atoms with Crippen LogP contribution < -0.4 is 5.43 Å². The van der Waals surface area contributed by atoms with Gasteiger partial charge in [-0.1, -0.05) is 38.5 Å². The molecule has 124 valence electrons. The van der Waals surface area contributed by atoms with Crippen LogP contribution in [0.25, 0.3) is 0 Å². The molecule has 0 atom stereocenters. The fraction of sp³-hybridized carbons (Fsp3) is 0.368. The van der Waals surface area contributed by atoms with Crippen LogP contribution in [0.3, 0.4) is 0 Å². The lowest BCUT2D eigenvalue weighted by molar-refractivity contribution is 0.0697. The molecule has 0 aliphatic rings. The van der Waals surface area contributed by atoms with Gasteiger partial charge >= 0.3 is 5.97 Å². The molecule has 1 aromatic rings. The summed E-state index contributed by atoms with van der Waals surface area (Å²) in [5, 5.41) is 13.2. The van der Waals surface area contributed by atoms with Gasteiger partial charge in [-0.2, -0.15) is 5.10 Å². The molecule has 4 heteroatoms. The van der Waals surface area contributed by atoms with Crippen LogP contribution in [0.5, 0.6) is 0 Å². The maximum absolute atomic E-state index is 10.8. The molecule has 0 bridgehead atoms. The molecule has 0 fully saturated rings. The van der Waals surface area contributed by atoms with Crippen molar-refractivity contribution in [2.75, 3.05) is 5.43 Å². The third-order valence-corrected chi connectivity index (χ3v) is 3.75. The standard InChI is InChI=1S/C19H26N2O2/c1-6-16(13(2)3)8-7-14(4)15(5)20-21-18-11-9-17(10-12-18)19(22)23/h7-13,21H,6H2,1-5H3,(H,22,23)/b14-7+,16-8+,20-15+. The van der Waals surface area contributed by atoms with E-state index in [2.05, 4.69) is 43.5 Å². The quantitative estimate of drug-likeness (QED) is 0.417. The molecule has 23 heavy (non-hydrogen) atoms. The van der Waals surface area contributed by atoms with Gasteiger partial charge in [0.05, 0.1) is 17.0 Å². The van der Waals surface area contributed by atoms with Gasteiger partial charge < -0.3 is 5.11 Å². The molecule has 0 spiro atoms. The Morgan fingerprint density at radius 1 is 1.22 bits per heavy atom. The molecule has 0 aliphatic heterocycles. The van der Waals surface area contributed by atoms with Crippen LogP contribution in [0.1, 0.15) is 51.4 Å². The monoisotopic (exact) mass is 314 g/mol. The van der Waals surface area contributed by atoms with Crippen molar-refractivity contribution in [1.29, 1.82) is 0 Å². The van der Waals surface area contributed by atoms with Crippen LogP contribution in [0.2, 0.25) is 0 Å². The van der Waals surface area contributed by atoms with E-state index in [1.807, 2.05) is 13.8 Å². The molecular weight excluding hydrogens is 288 g/mol. The zero-order valence-corrected chi connectivity index (χ0v) is 14.6. The fourth-order valence-corrected chi connectivity index (χ4v) is 2.00. The van der Waals surface area contributed by atoms with Crippen molar-refractivity contribution in [3.05, 3.63) is 53.1 Å². The molecule has 4 nitrogen and oxygen atoms in total. The van der Waals surface area contributed by atoms with E-state index in [0.29, 0.717) is 5.92 Å². The summed E-state index contributed by atoms with van der Waals surface area (Å²) >= 11 is 0. The maximum atomic E-state index is 10.8.